The van der Waals surface area contributed by atoms with E-state index in [1.807, 2.05) is 55.5 Å². The van der Waals surface area contributed by atoms with Gasteiger partial charge >= 0.3 is 5.97 Å². The number of para-hydroxylation sites is 1. The largest absolute Gasteiger partial charge is 0.461 e. The lowest BCUT2D eigenvalue weighted by molar-refractivity contribution is -0.145. The van der Waals surface area contributed by atoms with Crippen molar-refractivity contribution in [3.63, 3.8) is 0 Å². The molecule has 3 aliphatic rings. The molecule has 1 heterocycles. The monoisotopic (exact) mass is 441 g/mol. The van der Waals surface area contributed by atoms with Crippen molar-refractivity contribution >= 4 is 33.5 Å². The molecule has 2 bridgehead atoms. The number of rotatable bonds is 4. The summed E-state index contributed by atoms with van der Waals surface area (Å²) in [6.45, 7) is 2.00. The van der Waals surface area contributed by atoms with Gasteiger partial charge < -0.3 is 14.8 Å². The van der Waals surface area contributed by atoms with Gasteiger partial charge in [-0.1, -0.05) is 34.1 Å². The molecular formula is C22H20BrNO4. The smallest absolute Gasteiger partial charge is 0.310 e. The molecule has 6 unspecified atom stereocenters. The molecule has 28 heavy (non-hydrogen) atoms. The first-order chi connectivity index (χ1) is 13.5. The highest BCUT2D eigenvalue weighted by molar-refractivity contribution is 9.09. The molecule has 1 amide bonds. The number of esters is 1. The van der Waals surface area contributed by atoms with E-state index in [1.54, 1.807) is 0 Å². The molecule has 144 valence electrons. The van der Waals surface area contributed by atoms with Crippen LogP contribution in [0, 0.1) is 30.6 Å². The highest BCUT2D eigenvalue weighted by Crippen LogP contribution is 2.60. The van der Waals surface area contributed by atoms with Gasteiger partial charge in [-0.3, -0.25) is 9.59 Å². The maximum absolute atomic E-state index is 12.9. The number of anilines is 1. The molecule has 0 aromatic heterocycles. The fourth-order valence-electron chi connectivity index (χ4n) is 4.96. The number of hydrogen-bond acceptors (Lipinski definition) is 4. The number of amides is 1. The number of aryl methyl sites for hydroxylation is 1. The van der Waals surface area contributed by atoms with Crippen LogP contribution in [0.3, 0.4) is 0 Å². The Morgan fingerprint density at radius 3 is 2.64 bits per heavy atom. The van der Waals surface area contributed by atoms with Crippen molar-refractivity contribution in [2.75, 3.05) is 5.32 Å². The first-order valence-corrected chi connectivity index (χ1v) is 10.4. The summed E-state index contributed by atoms with van der Waals surface area (Å²) < 4.78 is 11.4. The van der Waals surface area contributed by atoms with E-state index < -0.39 is 0 Å². The summed E-state index contributed by atoms with van der Waals surface area (Å²) in [7, 11) is 0. The molecule has 1 saturated heterocycles. The third-order valence-corrected chi connectivity index (χ3v) is 7.47. The van der Waals surface area contributed by atoms with Crippen LogP contribution < -0.4 is 10.1 Å². The summed E-state index contributed by atoms with van der Waals surface area (Å²) in [6.07, 6.45) is 0.808. The standard InChI is InChI=1S/C22H20BrNO4/c1-11-4-2-3-5-16(11)27-13-8-6-12(7-9-13)24-21(25)17-14-10-15-18(17)22(26)28-20(15)19(14)23/h2-9,14-15,17-20H,10H2,1H3,(H,24,25). The lowest BCUT2D eigenvalue weighted by atomic mass is 9.79. The molecule has 1 N–H and O–H groups in total. The molecule has 6 heteroatoms. The molecule has 1 aliphatic heterocycles. The number of nitrogens with one attached hydrogen (secondary N) is 1. The van der Waals surface area contributed by atoms with Crippen molar-refractivity contribution in [3.8, 4) is 11.5 Å². The fraction of sp³-hybridized carbons (Fsp3) is 0.364. The first kappa shape index (κ1) is 17.7. The second-order valence-corrected chi connectivity index (χ2v) is 8.90. The molecule has 0 radical (unpaired) electrons. The number of carbonyl (C=O) groups excluding carboxylic acids is 2. The van der Waals surface area contributed by atoms with Crippen molar-refractivity contribution < 1.29 is 19.1 Å². The predicted octanol–water partition coefficient (Wildman–Crippen LogP) is 4.30. The summed E-state index contributed by atoms with van der Waals surface area (Å²) in [6, 6.07) is 15.1. The summed E-state index contributed by atoms with van der Waals surface area (Å²) in [5.41, 5.74) is 1.75. The van der Waals surface area contributed by atoms with Gasteiger partial charge in [0.15, 0.2) is 0 Å². The van der Waals surface area contributed by atoms with Gasteiger partial charge in [-0.2, -0.15) is 0 Å². The highest BCUT2D eigenvalue weighted by Gasteiger charge is 2.67. The van der Waals surface area contributed by atoms with Crippen molar-refractivity contribution in [2.24, 2.45) is 23.7 Å². The van der Waals surface area contributed by atoms with Gasteiger partial charge in [-0.05, 0) is 55.2 Å². The molecule has 2 aromatic carbocycles. The van der Waals surface area contributed by atoms with Gasteiger partial charge in [0.25, 0.3) is 0 Å². The fourth-order valence-corrected chi connectivity index (χ4v) is 6.00. The van der Waals surface area contributed by atoms with Crippen LogP contribution in [-0.2, 0) is 14.3 Å². The zero-order chi connectivity index (χ0) is 19.4. The van der Waals surface area contributed by atoms with Gasteiger partial charge in [0.2, 0.25) is 5.91 Å². The van der Waals surface area contributed by atoms with E-state index in [4.69, 9.17) is 9.47 Å². The summed E-state index contributed by atoms with van der Waals surface area (Å²) in [5, 5.41) is 2.97. The number of benzene rings is 2. The molecule has 2 aliphatic carbocycles. The molecular weight excluding hydrogens is 422 g/mol. The third kappa shape index (κ3) is 2.73. The van der Waals surface area contributed by atoms with Crippen LogP contribution in [0.5, 0.6) is 11.5 Å². The molecule has 6 atom stereocenters. The van der Waals surface area contributed by atoms with Crippen molar-refractivity contribution in [1.82, 2.24) is 0 Å². The first-order valence-electron chi connectivity index (χ1n) is 9.52. The zero-order valence-electron chi connectivity index (χ0n) is 15.3. The van der Waals surface area contributed by atoms with E-state index in [1.165, 1.54) is 0 Å². The number of alkyl halides is 1. The average Bonchev–Trinajstić information content (AvgIpc) is 3.29. The van der Waals surface area contributed by atoms with Crippen LogP contribution in [0.25, 0.3) is 0 Å². The molecule has 5 nitrogen and oxygen atoms in total. The molecule has 2 saturated carbocycles. The second kappa shape index (κ2) is 6.62. The van der Waals surface area contributed by atoms with Gasteiger partial charge in [0.05, 0.1) is 16.7 Å². The Morgan fingerprint density at radius 1 is 1.14 bits per heavy atom. The Labute approximate surface area is 171 Å². The Hall–Kier alpha value is -2.34. The summed E-state index contributed by atoms with van der Waals surface area (Å²) in [4.78, 5) is 25.2. The topological polar surface area (TPSA) is 64.6 Å². The minimum atomic E-state index is -0.330. The van der Waals surface area contributed by atoms with Crippen LogP contribution in [0.2, 0.25) is 0 Å². The molecule has 0 spiro atoms. The highest BCUT2D eigenvalue weighted by atomic mass is 79.9. The van der Waals surface area contributed by atoms with E-state index in [-0.39, 0.29) is 46.5 Å². The molecule has 3 fully saturated rings. The number of ether oxygens (including phenoxy) is 2. The normalized spacial score (nSPS) is 32.3. The number of hydrogen-bond donors (Lipinski definition) is 1. The maximum Gasteiger partial charge on any atom is 0.310 e. The SMILES string of the molecule is Cc1ccccc1Oc1ccc(NC(=O)C2C3CC4C(OC(=O)C42)C3Br)cc1. The van der Waals surface area contributed by atoms with Crippen molar-refractivity contribution in [1.29, 1.82) is 0 Å². The third-order valence-electron chi connectivity index (χ3n) is 6.27. The predicted molar refractivity (Wildman–Crippen MR) is 107 cm³/mol. The molecule has 5 rings (SSSR count). The minimum Gasteiger partial charge on any atom is -0.461 e. The number of halogens is 1. The Morgan fingerprint density at radius 2 is 1.89 bits per heavy atom. The molecule has 2 aromatic rings. The van der Waals surface area contributed by atoms with Gasteiger partial charge in [-0.15, -0.1) is 0 Å². The van der Waals surface area contributed by atoms with Crippen LogP contribution in [0.1, 0.15) is 12.0 Å². The second-order valence-electron chi connectivity index (χ2n) is 7.84. The Bertz CT molecular complexity index is 944. The van der Waals surface area contributed by atoms with E-state index in [0.29, 0.717) is 11.4 Å². The Kier molecular flexibility index (Phi) is 4.19. The number of carbonyl (C=O) groups is 2. The van der Waals surface area contributed by atoms with E-state index in [9.17, 15) is 9.59 Å². The lowest BCUT2D eigenvalue weighted by Gasteiger charge is -2.27. The minimum absolute atomic E-state index is 0.0653. The summed E-state index contributed by atoms with van der Waals surface area (Å²) in [5.74, 6) is 0.871. The van der Waals surface area contributed by atoms with Crippen LogP contribution in [0.15, 0.2) is 48.5 Å². The van der Waals surface area contributed by atoms with Crippen molar-refractivity contribution in [3.05, 3.63) is 54.1 Å². The van der Waals surface area contributed by atoms with Crippen molar-refractivity contribution in [2.45, 2.75) is 24.3 Å². The summed E-state index contributed by atoms with van der Waals surface area (Å²) >= 11 is 3.64. The zero-order valence-corrected chi connectivity index (χ0v) is 16.9. The quantitative estimate of drug-likeness (QED) is 0.567. The van der Waals surface area contributed by atoms with Crippen LogP contribution >= 0.6 is 15.9 Å². The van der Waals surface area contributed by atoms with E-state index in [2.05, 4.69) is 21.2 Å². The lowest BCUT2D eigenvalue weighted by Crippen LogP contribution is -2.40. The van der Waals surface area contributed by atoms with Crippen LogP contribution in [-0.4, -0.2) is 22.8 Å². The van der Waals surface area contributed by atoms with Gasteiger partial charge in [0.1, 0.15) is 17.6 Å². The van der Waals surface area contributed by atoms with E-state index >= 15 is 0 Å². The maximum atomic E-state index is 12.9. The average molecular weight is 442 g/mol. The van der Waals surface area contributed by atoms with Gasteiger partial charge in [-0.25, -0.2) is 0 Å². The van der Waals surface area contributed by atoms with Crippen LogP contribution in [0.4, 0.5) is 5.69 Å². The van der Waals surface area contributed by atoms with E-state index in [0.717, 1.165) is 17.7 Å². The van der Waals surface area contributed by atoms with Gasteiger partial charge in [0, 0.05) is 11.6 Å². The Balaban J connectivity index is 1.28. The number of fused-ring (bicyclic) bond motifs is 1.